The van der Waals surface area contributed by atoms with Gasteiger partial charge in [-0.05, 0) is 24.7 Å². The number of carbonyl (C=O) groups excluding carboxylic acids is 1. The number of nitrogens with one attached hydrogen (secondary N) is 1. The van der Waals surface area contributed by atoms with Gasteiger partial charge in [0, 0.05) is 18.0 Å². The minimum atomic E-state index is -0.148. The SMILES string of the molecule is CC1(C)CC1C(=O)NCC1(N)CCCCCC1. The van der Waals surface area contributed by atoms with Gasteiger partial charge in [-0.1, -0.05) is 39.5 Å². The molecule has 0 radical (unpaired) electrons. The fourth-order valence-corrected chi connectivity index (χ4v) is 2.91. The number of rotatable bonds is 3. The van der Waals surface area contributed by atoms with Crippen LogP contribution in [0.25, 0.3) is 0 Å². The lowest BCUT2D eigenvalue weighted by Gasteiger charge is -2.28. The maximum absolute atomic E-state index is 11.9. The topological polar surface area (TPSA) is 55.1 Å². The van der Waals surface area contributed by atoms with Gasteiger partial charge in [0.2, 0.25) is 5.91 Å². The molecule has 98 valence electrons. The number of carbonyl (C=O) groups is 1. The van der Waals surface area contributed by atoms with Gasteiger partial charge >= 0.3 is 0 Å². The normalized spacial score (nSPS) is 30.4. The summed E-state index contributed by atoms with van der Waals surface area (Å²) in [6.45, 7) is 4.97. The quantitative estimate of drug-likeness (QED) is 0.741. The molecule has 0 aromatic rings. The highest BCUT2D eigenvalue weighted by molar-refractivity contribution is 5.82. The first kappa shape index (κ1) is 12.9. The van der Waals surface area contributed by atoms with Crippen molar-refractivity contribution in [3.8, 4) is 0 Å². The monoisotopic (exact) mass is 238 g/mol. The van der Waals surface area contributed by atoms with Crippen LogP contribution < -0.4 is 11.1 Å². The number of hydrogen-bond acceptors (Lipinski definition) is 2. The van der Waals surface area contributed by atoms with Gasteiger partial charge in [-0.15, -0.1) is 0 Å². The molecule has 0 aromatic carbocycles. The fraction of sp³-hybridized carbons (Fsp3) is 0.929. The van der Waals surface area contributed by atoms with Crippen LogP contribution in [0.1, 0.15) is 58.8 Å². The molecule has 1 unspecified atom stereocenters. The van der Waals surface area contributed by atoms with Gasteiger partial charge in [0.05, 0.1) is 0 Å². The van der Waals surface area contributed by atoms with E-state index in [0.717, 1.165) is 19.3 Å². The lowest BCUT2D eigenvalue weighted by atomic mass is 9.91. The summed E-state index contributed by atoms with van der Waals surface area (Å²) in [6.07, 6.45) is 8.15. The van der Waals surface area contributed by atoms with Crippen molar-refractivity contribution in [3.63, 3.8) is 0 Å². The molecule has 0 spiro atoms. The molecule has 1 atom stereocenters. The van der Waals surface area contributed by atoms with E-state index in [9.17, 15) is 4.79 Å². The molecule has 1 amide bonds. The van der Waals surface area contributed by atoms with Gasteiger partial charge < -0.3 is 11.1 Å². The third-order valence-electron chi connectivity index (χ3n) is 4.54. The lowest BCUT2D eigenvalue weighted by molar-refractivity contribution is -0.123. The zero-order chi connectivity index (χ0) is 12.5. The Morgan fingerprint density at radius 2 is 1.76 bits per heavy atom. The number of hydrogen-bond donors (Lipinski definition) is 2. The molecule has 0 bridgehead atoms. The van der Waals surface area contributed by atoms with Gasteiger partial charge in [0.15, 0.2) is 0 Å². The van der Waals surface area contributed by atoms with E-state index in [1.165, 1.54) is 25.7 Å². The van der Waals surface area contributed by atoms with Gasteiger partial charge in [0.1, 0.15) is 0 Å². The molecule has 0 heterocycles. The van der Waals surface area contributed by atoms with Gasteiger partial charge in [0.25, 0.3) is 0 Å². The Hall–Kier alpha value is -0.570. The van der Waals surface area contributed by atoms with Crippen LogP contribution in [0.3, 0.4) is 0 Å². The molecule has 0 aromatic heterocycles. The van der Waals surface area contributed by atoms with Crippen LogP contribution >= 0.6 is 0 Å². The molecule has 17 heavy (non-hydrogen) atoms. The van der Waals surface area contributed by atoms with Gasteiger partial charge in [-0.3, -0.25) is 4.79 Å². The zero-order valence-corrected chi connectivity index (χ0v) is 11.2. The molecule has 2 aliphatic rings. The smallest absolute Gasteiger partial charge is 0.223 e. The summed E-state index contributed by atoms with van der Waals surface area (Å²) in [4.78, 5) is 11.9. The van der Waals surface area contributed by atoms with E-state index in [0.29, 0.717) is 6.54 Å². The Balaban J connectivity index is 1.78. The highest BCUT2D eigenvalue weighted by Gasteiger charge is 2.50. The average molecular weight is 238 g/mol. The summed E-state index contributed by atoms with van der Waals surface area (Å²) in [5.74, 6) is 0.431. The Morgan fingerprint density at radius 3 is 2.24 bits per heavy atom. The summed E-state index contributed by atoms with van der Waals surface area (Å²) < 4.78 is 0. The molecular formula is C14H26N2O. The van der Waals surface area contributed by atoms with Crippen molar-refractivity contribution in [2.24, 2.45) is 17.1 Å². The first-order chi connectivity index (χ1) is 7.93. The fourth-order valence-electron chi connectivity index (χ4n) is 2.91. The first-order valence-corrected chi connectivity index (χ1v) is 7.00. The minimum absolute atomic E-state index is 0.148. The molecule has 2 rings (SSSR count). The van der Waals surface area contributed by atoms with Crippen molar-refractivity contribution in [1.29, 1.82) is 0 Å². The summed E-state index contributed by atoms with van der Waals surface area (Å²) in [5.41, 5.74) is 6.45. The van der Waals surface area contributed by atoms with Crippen molar-refractivity contribution in [2.45, 2.75) is 64.3 Å². The van der Waals surface area contributed by atoms with Crippen molar-refractivity contribution < 1.29 is 4.79 Å². The highest BCUT2D eigenvalue weighted by atomic mass is 16.2. The maximum Gasteiger partial charge on any atom is 0.223 e. The average Bonchev–Trinajstić information content (AvgIpc) is 2.95. The van der Waals surface area contributed by atoms with Crippen molar-refractivity contribution >= 4 is 5.91 Å². The van der Waals surface area contributed by atoms with Crippen LogP contribution in [-0.4, -0.2) is 18.0 Å². The Kier molecular flexibility index (Phi) is 3.48. The molecule has 0 aliphatic heterocycles. The van der Waals surface area contributed by atoms with Crippen LogP contribution in [0.2, 0.25) is 0 Å². The van der Waals surface area contributed by atoms with E-state index < -0.39 is 0 Å². The molecule has 3 nitrogen and oxygen atoms in total. The molecule has 3 heteroatoms. The second-order valence-corrected chi connectivity index (χ2v) is 6.74. The van der Waals surface area contributed by atoms with Crippen LogP contribution in [0.5, 0.6) is 0 Å². The lowest BCUT2D eigenvalue weighted by Crippen LogP contribution is -2.50. The number of nitrogens with two attached hydrogens (primary N) is 1. The van der Waals surface area contributed by atoms with E-state index >= 15 is 0 Å². The third-order valence-corrected chi connectivity index (χ3v) is 4.54. The van der Waals surface area contributed by atoms with E-state index in [4.69, 9.17) is 5.73 Å². The molecule has 0 saturated heterocycles. The summed E-state index contributed by atoms with van der Waals surface area (Å²) >= 11 is 0. The van der Waals surface area contributed by atoms with Crippen molar-refractivity contribution in [3.05, 3.63) is 0 Å². The summed E-state index contributed by atoms with van der Waals surface area (Å²) in [5, 5.41) is 3.07. The third kappa shape index (κ3) is 3.21. The van der Waals surface area contributed by atoms with E-state index in [1.807, 2.05) is 0 Å². The van der Waals surface area contributed by atoms with Crippen LogP contribution in [-0.2, 0) is 4.79 Å². The standard InChI is InChI=1S/C14H26N2O/c1-13(2)9-11(13)12(17)16-10-14(15)7-5-3-4-6-8-14/h11H,3-10,15H2,1-2H3,(H,16,17). The predicted octanol–water partition coefficient (Wildman–Crippen LogP) is 2.20. The minimum Gasteiger partial charge on any atom is -0.354 e. The second kappa shape index (κ2) is 4.60. The zero-order valence-electron chi connectivity index (χ0n) is 11.2. The molecule has 2 saturated carbocycles. The second-order valence-electron chi connectivity index (χ2n) is 6.74. The Morgan fingerprint density at radius 1 is 1.24 bits per heavy atom. The number of amides is 1. The molecule has 2 aliphatic carbocycles. The van der Waals surface area contributed by atoms with Crippen LogP contribution in [0.4, 0.5) is 0 Å². The van der Waals surface area contributed by atoms with E-state index in [-0.39, 0.29) is 22.8 Å². The summed E-state index contributed by atoms with van der Waals surface area (Å²) in [6, 6.07) is 0. The van der Waals surface area contributed by atoms with Crippen molar-refractivity contribution in [1.82, 2.24) is 5.32 Å². The van der Waals surface area contributed by atoms with Crippen LogP contribution in [0, 0.1) is 11.3 Å². The van der Waals surface area contributed by atoms with Gasteiger partial charge in [-0.2, -0.15) is 0 Å². The van der Waals surface area contributed by atoms with Gasteiger partial charge in [-0.25, -0.2) is 0 Å². The Labute approximate surface area is 105 Å². The highest BCUT2D eigenvalue weighted by Crippen LogP contribution is 2.51. The molecule has 3 N–H and O–H groups in total. The largest absolute Gasteiger partial charge is 0.354 e. The Bertz CT molecular complexity index is 291. The van der Waals surface area contributed by atoms with Crippen LogP contribution in [0.15, 0.2) is 0 Å². The van der Waals surface area contributed by atoms with Crippen molar-refractivity contribution in [2.75, 3.05) is 6.54 Å². The predicted molar refractivity (Wildman–Crippen MR) is 69.5 cm³/mol. The van der Waals surface area contributed by atoms with E-state index in [2.05, 4.69) is 19.2 Å². The summed E-state index contributed by atoms with van der Waals surface area (Å²) in [7, 11) is 0. The first-order valence-electron chi connectivity index (χ1n) is 7.00. The maximum atomic E-state index is 11.9. The van der Waals surface area contributed by atoms with E-state index in [1.54, 1.807) is 0 Å². The molecule has 2 fully saturated rings. The molecular weight excluding hydrogens is 212 g/mol.